The molecule has 0 unspecified atom stereocenters. The molecule has 0 aromatic carbocycles. The van der Waals surface area contributed by atoms with Gasteiger partial charge >= 0.3 is 11.9 Å². The van der Waals surface area contributed by atoms with E-state index in [2.05, 4.69) is 6.92 Å². The lowest BCUT2D eigenvalue weighted by Crippen LogP contribution is -2.34. The summed E-state index contributed by atoms with van der Waals surface area (Å²) in [6.45, 7) is 6.09. The summed E-state index contributed by atoms with van der Waals surface area (Å²) in [5.74, 6) is -0.727. The maximum absolute atomic E-state index is 11.5. The molecule has 0 amide bonds. The van der Waals surface area contributed by atoms with Crippen LogP contribution in [-0.4, -0.2) is 18.0 Å². The van der Waals surface area contributed by atoms with Crippen molar-refractivity contribution in [3.8, 4) is 0 Å². The van der Waals surface area contributed by atoms with E-state index in [0.29, 0.717) is 18.8 Å². The van der Waals surface area contributed by atoms with E-state index >= 15 is 0 Å². The fourth-order valence-electron chi connectivity index (χ4n) is 1.72. The van der Waals surface area contributed by atoms with Crippen LogP contribution < -0.4 is 5.73 Å². The number of ether oxygens (including phenoxy) is 1. The van der Waals surface area contributed by atoms with Crippen LogP contribution in [-0.2, 0) is 14.3 Å². The molecule has 0 aliphatic heterocycles. The minimum atomic E-state index is -0.686. The second-order valence-corrected chi connectivity index (χ2v) is 5.19. The minimum Gasteiger partial charge on any atom is -0.392 e. The van der Waals surface area contributed by atoms with Gasteiger partial charge in [-0.15, -0.1) is 0 Å². The van der Waals surface area contributed by atoms with Crippen LogP contribution >= 0.6 is 0 Å². The van der Waals surface area contributed by atoms with Gasteiger partial charge in [0.1, 0.15) is 6.04 Å². The van der Waals surface area contributed by atoms with Crippen LogP contribution in [0.1, 0.15) is 65.7 Å². The van der Waals surface area contributed by atoms with Crippen LogP contribution in [0.15, 0.2) is 0 Å². The van der Waals surface area contributed by atoms with E-state index in [9.17, 15) is 9.59 Å². The molecule has 0 aliphatic carbocycles. The highest BCUT2D eigenvalue weighted by Gasteiger charge is 2.19. The number of rotatable bonds is 9. The van der Waals surface area contributed by atoms with E-state index in [-0.39, 0.29) is 0 Å². The summed E-state index contributed by atoms with van der Waals surface area (Å²) in [7, 11) is 0. The van der Waals surface area contributed by atoms with Gasteiger partial charge in [0.2, 0.25) is 0 Å². The summed E-state index contributed by atoms with van der Waals surface area (Å²) >= 11 is 0. The molecule has 4 nitrogen and oxygen atoms in total. The zero-order chi connectivity index (χ0) is 14.0. The topological polar surface area (TPSA) is 69.4 Å². The van der Waals surface area contributed by atoms with E-state index < -0.39 is 18.0 Å². The molecule has 2 N–H and O–H groups in total. The second-order valence-electron chi connectivity index (χ2n) is 5.19. The van der Waals surface area contributed by atoms with Crippen LogP contribution in [0, 0.1) is 5.92 Å². The number of hydrogen-bond acceptors (Lipinski definition) is 4. The summed E-state index contributed by atoms with van der Waals surface area (Å²) in [6, 6.07) is -0.686. The predicted molar refractivity (Wildman–Crippen MR) is 71.9 cm³/mol. The highest BCUT2D eigenvalue weighted by Crippen LogP contribution is 2.07. The first-order valence-electron chi connectivity index (χ1n) is 6.97. The Bertz CT molecular complexity index is 251. The molecule has 0 radical (unpaired) electrons. The van der Waals surface area contributed by atoms with E-state index in [1.54, 1.807) is 0 Å². The Morgan fingerprint density at radius 1 is 1.11 bits per heavy atom. The van der Waals surface area contributed by atoms with E-state index in [1.807, 2.05) is 13.8 Å². The lowest BCUT2D eigenvalue weighted by Gasteiger charge is -2.12. The molecule has 0 aromatic rings. The van der Waals surface area contributed by atoms with Gasteiger partial charge in [0, 0.05) is 6.42 Å². The van der Waals surface area contributed by atoms with Gasteiger partial charge in [0.15, 0.2) is 0 Å². The average molecular weight is 257 g/mol. The van der Waals surface area contributed by atoms with Crippen molar-refractivity contribution in [1.29, 1.82) is 0 Å². The van der Waals surface area contributed by atoms with Gasteiger partial charge < -0.3 is 10.5 Å². The summed E-state index contributed by atoms with van der Waals surface area (Å²) in [5, 5.41) is 0. The van der Waals surface area contributed by atoms with Crippen LogP contribution in [0.3, 0.4) is 0 Å². The van der Waals surface area contributed by atoms with Crippen LogP contribution in [0.4, 0.5) is 0 Å². The third-order valence-corrected chi connectivity index (χ3v) is 2.73. The summed E-state index contributed by atoms with van der Waals surface area (Å²) < 4.78 is 4.72. The number of carbonyl (C=O) groups is 2. The maximum Gasteiger partial charge on any atom is 0.330 e. The Morgan fingerprint density at radius 3 is 2.28 bits per heavy atom. The van der Waals surface area contributed by atoms with Crippen molar-refractivity contribution >= 4 is 11.9 Å². The monoisotopic (exact) mass is 257 g/mol. The fraction of sp³-hybridized carbons (Fsp3) is 0.857. The molecular formula is C14H27NO3. The molecule has 18 heavy (non-hydrogen) atoms. The van der Waals surface area contributed by atoms with Gasteiger partial charge in [0.25, 0.3) is 0 Å². The third kappa shape index (κ3) is 9.16. The zero-order valence-electron chi connectivity index (χ0n) is 11.9. The Morgan fingerprint density at radius 2 is 1.72 bits per heavy atom. The molecular weight excluding hydrogens is 230 g/mol. The minimum absolute atomic E-state index is 0.309. The van der Waals surface area contributed by atoms with Crippen molar-refractivity contribution in [1.82, 2.24) is 0 Å². The van der Waals surface area contributed by atoms with Crippen molar-refractivity contribution in [3.63, 3.8) is 0 Å². The van der Waals surface area contributed by atoms with Gasteiger partial charge in [-0.2, -0.15) is 0 Å². The van der Waals surface area contributed by atoms with Crippen molar-refractivity contribution < 1.29 is 14.3 Å². The highest BCUT2D eigenvalue weighted by molar-refractivity contribution is 5.88. The largest absolute Gasteiger partial charge is 0.392 e. The van der Waals surface area contributed by atoms with E-state index in [1.165, 1.54) is 12.8 Å². The van der Waals surface area contributed by atoms with Crippen LogP contribution in [0.2, 0.25) is 0 Å². The van der Waals surface area contributed by atoms with Crippen LogP contribution in [0.25, 0.3) is 0 Å². The standard InChI is InChI=1S/C14H27NO3/c1-4-5-6-7-8-9-13(16)18-14(17)12(15)10-11(2)3/h11-12H,4-10,15H2,1-3H3/t12-/m0/s1. The molecule has 0 spiro atoms. The number of carbonyl (C=O) groups excluding carboxylic acids is 2. The first kappa shape index (κ1) is 17.1. The Kier molecular flexibility index (Phi) is 9.56. The fourth-order valence-corrected chi connectivity index (χ4v) is 1.72. The lowest BCUT2D eigenvalue weighted by atomic mass is 10.1. The number of hydrogen-bond donors (Lipinski definition) is 1. The predicted octanol–water partition coefficient (Wildman–Crippen LogP) is 2.79. The zero-order valence-corrected chi connectivity index (χ0v) is 11.9. The van der Waals surface area contributed by atoms with Gasteiger partial charge in [-0.1, -0.05) is 46.5 Å². The normalized spacial score (nSPS) is 12.5. The average Bonchev–Trinajstić information content (AvgIpc) is 2.27. The molecule has 4 heteroatoms. The van der Waals surface area contributed by atoms with Crippen molar-refractivity contribution in [3.05, 3.63) is 0 Å². The van der Waals surface area contributed by atoms with Crippen molar-refractivity contribution in [2.24, 2.45) is 11.7 Å². The summed E-state index contributed by atoms with van der Waals surface area (Å²) in [4.78, 5) is 22.8. The molecule has 0 bridgehead atoms. The molecule has 1 atom stereocenters. The summed E-state index contributed by atoms with van der Waals surface area (Å²) in [5.41, 5.74) is 5.63. The quantitative estimate of drug-likeness (QED) is 0.392. The lowest BCUT2D eigenvalue weighted by molar-refractivity contribution is -0.160. The SMILES string of the molecule is CCCCCCCC(=O)OC(=O)[C@@H](N)CC(C)C. The first-order chi connectivity index (χ1) is 8.47. The maximum atomic E-state index is 11.5. The molecule has 0 aliphatic rings. The van der Waals surface area contributed by atoms with Crippen molar-refractivity contribution in [2.75, 3.05) is 0 Å². The molecule has 0 saturated carbocycles. The summed E-state index contributed by atoms with van der Waals surface area (Å²) in [6.07, 6.45) is 6.14. The van der Waals surface area contributed by atoms with Gasteiger partial charge in [-0.3, -0.25) is 4.79 Å². The third-order valence-electron chi connectivity index (χ3n) is 2.73. The van der Waals surface area contributed by atoms with E-state index in [4.69, 9.17) is 10.5 Å². The highest BCUT2D eigenvalue weighted by atomic mass is 16.6. The van der Waals surface area contributed by atoms with Gasteiger partial charge in [0.05, 0.1) is 0 Å². The number of unbranched alkanes of at least 4 members (excludes halogenated alkanes) is 4. The molecule has 0 saturated heterocycles. The second kappa shape index (κ2) is 10.1. The Labute approximate surface area is 110 Å². The molecule has 0 rings (SSSR count). The molecule has 106 valence electrons. The smallest absolute Gasteiger partial charge is 0.330 e. The van der Waals surface area contributed by atoms with Gasteiger partial charge in [-0.25, -0.2) is 4.79 Å². The first-order valence-corrected chi connectivity index (χ1v) is 6.97. The van der Waals surface area contributed by atoms with E-state index in [0.717, 1.165) is 19.3 Å². The Hall–Kier alpha value is -0.900. The number of nitrogens with two attached hydrogens (primary N) is 1. The molecule has 0 fully saturated rings. The Balaban J connectivity index is 3.70. The molecule has 0 aromatic heterocycles. The van der Waals surface area contributed by atoms with Crippen molar-refractivity contribution in [2.45, 2.75) is 71.8 Å². The van der Waals surface area contributed by atoms with Crippen LogP contribution in [0.5, 0.6) is 0 Å². The van der Waals surface area contributed by atoms with Gasteiger partial charge in [-0.05, 0) is 18.8 Å². The number of esters is 2. The molecule has 0 heterocycles.